The number of rotatable bonds is 11. The molecular formula is C30H37F4N3O3. The second-order valence-electron chi connectivity index (χ2n) is 10.6. The maximum Gasteiger partial charge on any atom is 0.387 e. The lowest BCUT2D eigenvalue weighted by atomic mass is 9.86. The van der Waals surface area contributed by atoms with Crippen LogP contribution < -0.4 is 20.5 Å². The van der Waals surface area contributed by atoms with Crippen LogP contribution in [0.25, 0.3) is 6.08 Å². The molecule has 1 saturated carbocycles. The van der Waals surface area contributed by atoms with Crippen molar-refractivity contribution < 1.29 is 31.8 Å². The highest BCUT2D eigenvalue weighted by Crippen LogP contribution is 2.34. The number of methoxy groups -OCH3 is 1. The van der Waals surface area contributed by atoms with E-state index in [1.807, 2.05) is 0 Å². The minimum absolute atomic E-state index is 0.00220. The largest absolute Gasteiger partial charge is 0.493 e. The zero-order valence-corrected chi connectivity index (χ0v) is 22.8. The van der Waals surface area contributed by atoms with Gasteiger partial charge in [-0.15, -0.1) is 0 Å². The van der Waals surface area contributed by atoms with E-state index in [-0.39, 0.29) is 59.1 Å². The van der Waals surface area contributed by atoms with Crippen molar-refractivity contribution in [2.75, 3.05) is 20.2 Å². The maximum atomic E-state index is 14.4. The molecule has 1 amide bonds. The highest BCUT2D eigenvalue weighted by molar-refractivity contribution is 5.95. The summed E-state index contributed by atoms with van der Waals surface area (Å²) in [6.07, 6.45) is 7.52. The molecule has 4 rings (SSSR count). The number of amides is 1. The molecule has 2 aromatic rings. The van der Waals surface area contributed by atoms with E-state index >= 15 is 0 Å². The molecular weight excluding hydrogens is 526 g/mol. The molecule has 218 valence electrons. The summed E-state index contributed by atoms with van der Waals surface area (Å²) in [5, 5.41) is 3.52. The first-order chi connectivity index (χ1) is 19.2. The van der Waals surface area contributed by atoms with Gasteiger partial charge in [0.15, 0.2) is 11.5 Å². The van der Waals surface area contributed by atoms with Crippen molar-refractivity contribution >= 4 is 12.0 Å². The van der Waals surface area contributed by atoms with E-state index in [1.54, 1.807) is 17.9 Å². The monoisotopic (exact) mass is 563 g/mol. The smallest absolute Gasteiger partial charge is 0.387 e. The zero-order valence-electron chi connectivity index (χ0n) is 22.8. The Morgan fingerprint density at radius 1 is 1.10 bits per heavy atom. The summed E-state index contributed by atoms with van der Waals surface area (Å²) in [6, 6.07) is 6.72. The molecule has 0 aromatic heterocycles. The molecule has 10 heteroatoms. The van der Waals surface area contributed by atoms with Crippen molar-refractivity contribution in [3.63, 3.8) is 0 Å². The first-order valence-electron chi connectivity index (χ1n) is 13.7. The lowest BCUT2D eigenvalue weighted by Gasteiger charge is -2.42. The van der Waals surface area contributed by atoms with Crippen molar-refractivity contribution in [1.29, 1.82) is 0 Å². The number of ether oxygens (including phenoxy) is 2. The van der Waals surface area contributed by atoms with Gasteiger partial charge in [0.05, 0.1) is 13.2 Å². The summed E-state index contributed by atoms with van der Waals surface area (Å²) in [5.41, 5.74) is 8.04. The van der Waals surface area contributed by atoms with Crippen LogP contribution in [0.15, 0.2) is 42.0 Å². The Hall–Kier alpha value is -3.11. The van der Waals surface area contributed by atoms with Gasteiger partial charge in [0.1, 0.15) is 11.6 Å². The van der Waals surface area contributed by atoms with E-state index in [0.29, 0.717) is 5.57 Å². The number of hydrogen-bond donors (Lipinski definition) is 2. The van der Waals surface area contributed by atoms with Gasteiger partial charge in [0.2, 0.25) is 0 Å². The number of nitrogens with two attached hydrogens (primary N) is 1. The van der Waals surface area contributed by atoms with Gasteiger partial charge in [-0.05, 0) is 75.4 Å². The molecule has 0 bridgehead atoms. The molecule has 2 aliphatic rings. The van der Waals surface area contributed by atoms with Crippen LogP contribution in [0, 0.1) is 17.6 Å². The van der Waals surface area contributed by atoms with Gasteiger partial charge in [-0.2, -0.15) is 8.78 Å². The predicted molar refractivity (Wildman–Crippen MR) is 145 cm³/mol. The fourth-order valence-corrected chi connectivity index (χ4v) is 5.99. The highest BCUT2D eigenvalue weighted by atomic mass is 19.3. The van der Waals surface area contributed by atoms with Crippen LogP contribution in [-0.4, -0.2) is 55.7 Å². The van der Waals surface area contributed by atoms with E-state index in [0.717, 1.165) is 51.1 Å². The number of benzene rings is 2. The molecule has 2 aromatic carbocycles. The number of hydrogen-bond acceptors (Lipinski definition) is 5. The molecule has 1 aliphatic heterocycles. The standard InChI is InChI=1S/C30H37F4N3O3/c1-18(14-20-9-11-22(31)16-23(20)32)17-37(28(24-8-5-13-36-24)27(35)19-6-3-4-7-19)29(38)21-10-12-25(40-30(33)34)26(15-21)39-2/h9-12,14-16,19,24,27-28,30,36H,3-8,13,17,35H2,1-2H3. The molecule has 1 saturated heterocycles. The van der Waals surface area contributed by atoms with E-state index in [4.69, 9.17) is 10.5 Å². The minimum atomic E-state index is -3.05. The van der Waals surface area contributed by atoms with Crippen molar-refractivity contribution in [2.24, 2.45) is 11.7 Å². The first-order valence-corrected chi connectivity index (χ1v) is 13.7. The van der Waals surface area contributed by atoms with E-state index in [1.165, 1.54) is 37.4 Å². The third-order valence-electron chi connectivity index (χ3n) is 7.88. The SMILES string of the molecule is COc1cc(C(=O)N(CC(C)=Cc2ccc(F)cc2F)C(C2CCCN2)C(N)C2CCCC2)ccc1OC(F)F. The molecule has 3 atom stereocenters. The van der Waals surface area contributed by atoms with Gasteiger partial charge in [0, 0.05) is 35.8 Å². The van der Waals surface area contributed by atoms with Crippen LogP contribution in [0.1, 0.15) is 61.4 Å². The highest BCUT2D eigenvalue weighted by Gasteiger charge is 2.41. The third-order valence-corrected chi connectivity index (χ3v) is 7.88. The van der Waals surface area contributed by atoms with E-state index in [2.05, 4.69) is 10.1 Å². The topological polar surface area (TPSA) is 76.8 Å². The van der Waals surface area contributed by atoms with Crippen LogP contribution in [0.4, 0.5) is 17.6 Å². The van der Waals surface area contributed by atoms with Crippen LogP contribution in [0.5, 0.6) is 11.5 Å². The average Bonchev–Trinajstić information content (AvgIpc) is 3.64. The maximum absolute atomic E-state index is 14.4. The summed E-state index contributed by atoms with van der Waals surface area (Å²) in [6.45, 7) is -0.322. The molecule has 0 radical (unpaired) electrons. The van der Waals surface area contributed by atoms with E-state index in [9.17, 15) is 22.4 Å². The molecule has 2 fully saturated rings. The number of halogens is 4. The Morgan fingerprint density at radius 2 is 1.85 bits per heavy atom. The summed E-state index contributed by atoms with van der Waals surface area (Å²) in [7, 11) is 1.31. The predicted octanol–water partition coefficient (Wildman–Crippen LogP) is 5.76. The van der Waals surface area contributed by atoms with Crippen molar-refractivity contribution in [3.05, 3.63) is 64.7 Å². The Balaban J connectivity index is 1.73. The first kappa shape index (κ1) is 29.9. The Morgan fingerprint density at radius 3 is 2.48 bits per heavy atom. The summed E-state index contributed by atoms with van der Waals surface area (Å²) < 4.78 is 63.5. The average molecular weight is 564 g/mol. The number of nitrogens with zero attached hydrogens (tertiary/aromatic N) is 1. The third kappa shape index (κ3) is 7.14. The van der Waals surface area contributed by atoms with Gasteiger partial charge in [-0.3, -0.25) is 4.79 Å². The second kappa shape index (κ2) is 13.5. The van der Waals surface area contributed by atoms with Crippen molar-refractivity contribution in [3.8, 4) is 11.5 Å². The molecule has 0 spiro atoms. The van der Waals surface area contributed by atoms with Crippen molar-refractivity contribution in [1.82, 2.24) is 10.2 Å². The van der Waals surface area contributed by atoms with Gasteiger partial charge in [0.25, 0.3) is 5.91 Å². The second-order valence-corrected chi connectivity index (χ2v) is 10.6. The quantitative estimate of drug-likeness (QED) is 0.340. The molecule has 40 heavy (non-hydrogen) atoms. The van der Waals surface area contributed by atoms with Gasteiger partial charge in [-0.25, -0.2) is 8.78 Å². The van der Waals surface area contributed by atoms with E-state index < -0.39 is 18.2 Å². The van der Waals surface area contributed by atoms with Crippen molar-refractivity contribution in [2.45, 2.75) is 70.2 Å². The molecule has 6 nitrogen and oxygen atoms in total. The molecule has 1 aliphatic carbocycles. The fourth-order valence-electron chi connectivity index (χ4n) is 5.99. The van der Waals surface area contributed by atoms with Crippen LogP contribution in [0.2, 0.25) is 0 Å². The molecule has 3 N–H and O–H groups in total. The Kier molecular flexibility index (Phi) is 10.1. The number of nitrogens with one attached hydrogen (secondary N) is 1. The summed E-state index contributed by atoms with van der Waals surface area (Å²) in [5.74, 6) is -1.66. The summed E-state index contributed by atoms with van der Waals surface area (Å²) >= 11 is 0. The summed E-state index contributed by atoms with van der Waals surface area (Å²) in [4.78, 5) is 15.9. The lowest BCUT2D eigenvalue weighted by molar-refractivity contribution is -0.0512. The van der Waals surface area contributed by atoms with Gasteiger partial charge < -0.3 is 25.4 Å². The Labute approximate surface area is 232 Å². The Bertz CT molecular complexity index is 1200. The number of alkyl halides is 2. The normalized spacial score (nSPS) is 19.6. The fraction of sp³-hybridized carbons (Fsp3) is 0.500. The molecule has 1 heterocycles. The minimum Gasteiger partial charge on any atom is -0.493 e. The number of carbonyl (C=O) groups excluding carboxylic acids is 1. The molecule has 3 unspecified atom stereocenters. The van der Waals surface area contributed by atoms with Gasteiger partial charge in [-0.1, -0.05) is 24.5 Å². The van der Waals surface area contributed by atoms with Crippen LogP contribution in [-0.2, 0) is 0 Å². The number of carbonyl (C=O) groups is 1. The lowest BCUT2D eigenvalue weighted by Crippen LogP contribution is -2.61. The zero-order chi connectivity index (χ0) is 28.8. The van der Waals surface area contributed by atoms with Crippen LogP contribution >= 0.6 is 0 Å². The van der Waals surface area contributed by atoms with Gasteiger partial charge >= 0.3 is 6.61 Å². The van der Waals surface area contributed by atoms with Crippen LogP contribution in [0.3, 0.4) is 0 Å².